The van der Waals surface area contributed by atoms with Gasteiger partial charge in [0.2, 0.25) is 5.78 Å². The maximum atomic E-state index is 12.2. The quantitative estimate of drug-likeness (QED) is 0.222. The van der Waals surface area contributed by atoms with E-state index in [0.717, 1.165) is 31.6 Å². The van der Waals surface area contributed by atoms with E-state index < -0.39 is 18.1 Å². The normalized spacial score (nSPS) is 22.0. The van der Waals surface area contributed by atoms with Crippen molar-refractivity contribution < 1.29 is 24.9 Å². The van der Waals surface area contributed by atoms with Crippen molar-refractivity contribution in [1.82, 2.24) is 0 Å². The van der Waals surface area contributed by atoms with Crippen LogP contribution in [0.5, 0.6) is 0 Å². The Morgan fingerprint density at radius 2 is 1.81 bits per heavy atom. The monoisotopic (exact) mass is 382 g/mol. The first-order valence-corrected chi connectivity index (χ1v) is 10.7. The summed E-state index contributed by atoms with van der Waals surface area (Å²) in [5.41, 5.74) is 0. The molecule has 0 aromatic carbocycles. The molecule has 0 saturated heterocycles. The molecule has 0 aromatic rings. The fourth-order valence-electron chi connectivity index (χ4n) is 4.16. The highest BCUT2D eigenvalue weighted by molar-refractivity contribution is 5.94. The molecular weight excluding hydrogens is 344 g/mol. The summed E-state index contributed by atoms with van der Waals surface area (Å²) < 4.78 is 0. The summed E-state index contributed by atoms with van der Waals surface area (Å²) in [4.78, 5) is 23.3. The van der Waals surface area contributed by atoms with Gasteiger partial charge in [0.1, 0.15) is 18.1 Å². The largest absolute Gasteiger partial charge is 0.508 e. The Kier molecular flexibility index (Phi) is 11.3. The van der Waals surface area contributed by atoms with Crippen LogP contribution in [0.4, 0.5) is 0 Å². The van der Waals surface area contributed by atoms with Crippen molar-refractivity contribution in [3.8, 4) is 0 Å². The van der Waals surface area contributed by atoms with Crippen LogP contribution in [0.2, 0.25) is 0 Å². The average molecular weight is 383 g/mol. The van der Waals surface area contributed by atoms with Crippen molar-refractivity contribution in [2.24, 2.45) is 17.8 Å². The van der Waals surface area contributed by atoms with Gasteiger partial charge >= 0.3 is 0 Å². The summed E-state index contributed by atoms with van der Waals surface area (Å²) in [6, 6.07) is 0. The average Bonchev–Trinajstić information content (AvgIpc) is 3.01. The van der Waals surface area contributed by atoms with E-state index in [1.54, 1.807) is 0 Å². The van der Waals surface area contributed by atoms with Gasteiger partial charge in [-0.3, -0.25) is 9.59 Å². The lowest BCUT2D eigenvalue weighted by molar-refractivity contribution is -0.121. The maximum absolute atomic E-state index is 12.2. The van der Waals surface area contributed by atoms with Crippen molar-refractivity contribution in [2.75, 3.05) is 6.61 Å². The van der Waals surface area contributed by atoms with Gasteiger partial charge < -0.3 is 15.3 Å². The molecule has 5 heteroatoms. The summed E-state index contributed by atoms with van der Waals surface area (Å²) in [5.74, 6) is -0.221. The van der Waals surface area contributed by atoms with Crippen molar-refractivity contribution >= 4 is 11.6 Å². The number of carbonyl (C=O) groups excluding carboxylic acids is 2. The third kappa shape index (κ3) is 8.46. The van der Waals surface area contributed by atoms with E-state index >= 15 is 0 Å². The number of rotatable bonds is 14. The standard InChI is InChI=1S/C22H38O5/c1-3-4-8-16(2)9-7-10-17-13-14-19(24)18(17)11-5-6-12-20(25)22(27)21(26)15-23/h16-18,23,25,27H,3-15H2,1-2H3/t16-,17+,18-/m1/s1. The Morgan fingerprint density at radius 3 is 2.48 bits per heavy atom. The first kappa shape index (κ1) is 23.7. The van der Waals surface area contributed by atoms with Crippen molar-refractivity contribution in [2.45, 2.75) is 90.9 Å². The van der Waals surface area contributed by atoms with Crippen LogP contribution >= 0.6 is 0 Å². The van der Waals surface area contributed by atoms with E-state index in [0.29, 0.717) is 24.5 Å². The van der Waals surface area contributed by atoms with Crippen molar-refractivity contribution in [3.63, 3.8) is 0 Å². The van der Waals surface area contributed by atoms with Gasteiger partial charge in [0.25, 0.3) is 0 Å². The number of aliphatic hydroxyl groups excluding tert-OH is 3. The van der Waals surface area contributed by atoms with E-state index in [9.17, 15) is 19.8 Å². The van der Waals surface area contributed by atoms with Crippen LogP contribution in [0.3, 0.4) is 0 Å². The summed E-state index contributed by atoms with van der Waals surface area (Å²) in [6.07, 6.45) is 11.5. The molecule has 3 atom stereocenters. The molecule has 1 aliphatic carbocycles. The predicted octanol–water partition coefficient (Wildman–Crippen LogP) is 5.03. The molecule has 1 fully saturated rings. The van der Waals surface area contributed by atoms with Gasteiger partial charge in [-0.05, 0) is 37.5 Å². The first-order valence-electron chi connectivity index (χ1n) is 10.7. The summed E-state index contributed by atoms with van der Waals surface area (Å²) in [6.45, 7) is 3.73. The number of allylic oxidation sites excluding steroid dienone is 1. The summed E-state index contributed by atoms with van der Waals surface area (Å²) in [5, 5.41) is 27.8. The topological polar surface area (TPSA) is 94.8 Å². The van der Waals surface area contributed by atoms with E-state index in [4.69, 9.17) is 5.11 Å². The van der Waals surface area contributed by atoms with Gasteiger partial charge in [-0.1, -0.05) is 52.4 Å². The second-order valence-corrected chi connectivity index (χ2v) is 8.17. The van der Waals surface area contributed by atoms with E-state index in [-0.39, 0.29) is 18.1 Å². The zero-order valence-electron chi connectivity index (χ0n) is 17.1. The Hall–Kier alpha value is -1.36. The van der Waals surface area contributed by atoms with Crippen LogP contribution in [0, 0.1) is 17.8 Å². The first-order chi connectivity index (χ1) is 12.9. The highest BCUT2D eigenvalue weighted by Gasteiger charge is 2.33. The van der Waals surface area contributed by atoms with E-state index in [1.165, 1.54) is 32.1 Å². The highest BCUT2D eigenvalue weighted by atomic mass is 16.3. The fraction of sp³-hybridized carbons (Fsp3) is 0.818. The summed E-state index contributed by atoms with van der Waals surface area (Å²) >= 11 is 0. The zero-order valence-corrected chi connectivity index (χ0v) is 17.1. The lowest BCUT2D eigenvalue weighted by atomic mass is 9.85. The molecule has 0 spiro atoms. The SMILES string of the molecule is CCCC[C@@H](C)CCC[C@H]1CCC(=O)[C@@H]1CCCCC(O)=C(O)C(=O)CO. The molecule has 27 heavy (non-hydrogen) atoms. The molecular formula is C22H38O5. The molecule has 156 valence electrons. The lowest BCUT2D eigenvalue weighted by Gasteiger charge is -2.19. The van der Waals surface area contributed by atoms with Crippen molar-refractivity contribution in [1.29, 1.82) is 0 Å². The molecule has 0 heterocycles. The number of aliphatic hydroxyl groups is 3. The van der Waals surface area contributed by atoms with E-state index in [1.807, 2.05) is 0 Å². The number of Topliss-reactive ketones (excluding diaryl/α,β-unsaturated/α-hetero) is 2. The number of hydrogen-bond donors (Lipinski definition) is 3. The second kappa shape index (κ2) is 12.9. The molecule has 1 saturated carbocycles. The Labute approximate surface area is 163 Å². The van der Waals surface area contributed by atoms with Crippen molar-refractivity contribution in [3.05, 3.63) is 11.5 Å². The lowest BCUT2D eigenvalue weighted by Crippen LogP contribution is -2.15. The zero-order chi connectivity index (χ0) is 20.2. The van der Waals surface area contributed by atoms with Gasteiger partial charge in [0.15, 0.2) is 5.76 Å². The van der Waals surface area contributed by atoms with Gasteiger partial charge in [-0.2, -0.15) is 0 Å². The molecule has 0 bridgehead atoms. The molecule has 0 unspecified atom stereocenters. The van der Waals surface area contributed by atoms with E-state index in [2.05, 4.69) is 13.8 Å². The Morgan fingerprint density at radius 1 is 1.11 bits per heavy atom. The van der Waals surface area contributed by atoms with Crippen LogP contribution in [-0.2, 0) is 9.59 Å². The molecule has 3 N–H and O–H groups in total. The number of ketones is 2. The third-order valence-electron chi connectivity index (χ3n) is 5.93. The van der Waals surface area contributed by atoms with Crippen LogP contribution < -0.4 is 0 Å². The number of carbonyl (C=O) groups is 2. The van der Waals surface area contributed by atoms with Gasteiger partial charge in [0, 0.05) is 18.8 Å². The molecule has 0 aromatic heterocycles. The van der Waals surface area contributed by atoms with Gasteiger partial charge in [-0.25, -0.2) is 0 Å². The molecule has 0 radical (unpaired) electrons. The predicted molar refractivity (Wildman–Crippen MR) is 107 cm³/mol. The molecule has 1 aliphatic rings. The maximum Gasteiger partial charge on any atom is 0.225 e. The Balaban J connectivity index is 2.33. The van der Waals surface area contributed by atoms with Crippen LogP contribution in [0.1, 0.15) is 90.9 Å². The fourth-order valence-corrected chi connectivity index (χ4v) is 4.16. The Bertz CT molecular complexity index is 497. The minimum Gasteiger partial charge on any atom is -0.508 e. The molecule has 0 amide bonds. The third-order valence-corrected chi connectivity index (χ3v) is 5.93. The molecule has 1 rings (SSSR count). The van der Waals surface area contributed by atoms with Crippen LogP contribution in [0.15, 0.2) is 11.5 Å². The number of hydrogen-bond acceptors (Lipinski definition) is 5. The number of unbranched alkanes of at least 4 members (excludes halogenated alkanes) is 2. The molecule has 0 aliphatic heterocycles. The minimum atomic E-state index is -0.869. The minimum absolute atomic E-state index is 0.134. The van der Waals surface area contributed by atoms with Crippen LogP contribution in [-0.4, -0.2) is 33.5 Å². The smallest absolute Gasteiger partial charge is 0.225 e. The molecule has 5 nitrogen and oxygen atoms in total. The van der Waals surface area contributed by atoms with Crippen LogP contribution in [0.25, 0.3) is 0 Å². The second-order valence-electron chi connectivity index (χ2n) is 8.17. The van der Waals surface area contributed by atoms with Gasteiger partial charge in [-0.15, -0.1) is 0 Å². The highest BCUT2D eigenvalue weighted by Crippen LogP contribution is 2.36. The summed E-state index contributed by atoms with van der Waals surface area (Å²) in [7, 11) is 0. The van der Waals surface area contributed by atoms with Gasteiger partial charge in [0.05, 0.1) is 0 Å².